The van der Waals surface area contributed by atoms with Gasteiger partial charge in [0.15, 0.2) is 0 Å². The quantitative estimate of drug-likeness (QED) is 0.556. The van der Waals surface area contributed by atoms with Gasteiger partial charge in [-0.15, -0.1) is 0 Å². The molecule has 37 heavy (non-hydrogen) atoms. The molecule has 0 unspecified atom stereocenters. The van der Waals surface area contributed by atoms with Crippen molar-refractivity contribution in [2.45, 2.75) is 57.6 Å². The first-order chi connectivity index (χ1) is 17.5. The molecule has 9 heteroatoms. The van der Waals surface area contributed by atoms with E-state index < -0.39 is 22.2 Å². The molecule has 0 saturated carbocycles. The van der Waals surface area contributed by atoms with E-state index >= 15 is 0 Å². The number of benzene rings is 1. The molecule has 0 bridgehead atoms. The number of nitrogens with zero attached hydrogens (tertiary/aromatic N) is 3. The number of aliphatic hydroxyl groups is 1. The summed E-state index contributed by atoms with van der Waals surface area (Å²) in [7, 11) is -2.23. The van der Waals surface area contributed by atoms with Gasteiger partial charge in [0.2, 0.25) is 15.9 Å². The maximum atomic E-state index is 13.6. The van der Waals surface area contributed by atoms with Crippen LogP contribution in [0, 0.1) is 23.7 Å². The van der Waals surface area contributed by atoms with Gasteiger partial charge in [0.25, 0.3) is 0 Å². The number of likely N-dealkylation sites (N-methyl/N-ethyl adjacent to an activating group) is 1. The predicted molar refractivity (Wildman–Crippen MR) is 142 cm³/mol. The van der Waals surface area contributed by atoms with Crippen LogP contribution in [-0.2, 0) is 21.2 Å². The molecule has 1 amide bonds. The van der Waals surface area contributed by atoms with Crippen LogP contribution in [0.25, 0.3) is 0 Å². The van der Waals surface area contributed by atoms with Crippen LogP contribution in [0.4, 0.5) is 0 Å². The van der Waals surface area contributed by atoms with Crippen LogP contribution in [0.3, 0.4) is 0 Å². The number of ether oxygens (including phenoxy) is 1. The first kappa shape index (κ1) is 28.6. The molecular weight excluding hydrogens is 490 g/mol. The van der Waals surface area contributed by atoms with Crippen molar-refractivity contribution < 1.29 is 23.1 Å². The predicted octanol–water partition coefficient (Wildman–Crippen LogP) is 2.95. The van der Waals surface area contributed by atoms with Gasteiger partial charge in [0.1, 0.15) is 16.7 Å². The van der Waals surface area contributed by atoms with Crippen LogP contribution in [0.15, 0.2) is 47.5 Å². The van der Waals surface area contributed by atoms with Crippen molar-refractivity contribution in [2.24, 2.45) is 11.8 Å². The van der Waals surface area contributed by atoms with Crippen molar-refractivity contribution in [1.29, 1.82) is 0 Å². The Morgan fingerprint density at radius 2 is 2.03 bits per heavy atom. The van der Waals surface area contributed by atoms with E-state index in [0.717, 1.165) is 6.42 Å². The first-order valence-electron chi connectivity index (χ1n) is 12.6. The van der Waals surface area contributed by atoms with Gasteiger partial charge in [0.05, 0.1) is 19.6 Å². The van der Waals surface area contributed by atoms with Gasteiger partial charge in [-0.1, -0.05) is 38.7 Å². The molecule has 0 saturated heterocycles. The lowest BCUT2D eigenvalue weighted by atomic mass is 10.0. The Morgan fingerprint density at radius 1 is 1.27 bits per heavy atom. The zero-order chi connectivity index (χ0) is 27.2. The van der Waals surface area contributed by atoms with Crippen LogP contribution in [-0.4, -0.2) is 72.5 Å². The molecule has 1 N–H and O–H groups in total. The second kappa shape index (κ2) is 12.5. The Morgan fingerprint density at radius 3 is 2.68 bits per heavy atom. The van der Waals surface area contributed by atoms with E-state index in [2.05, 4.69) is 30.7 Å². The number of aromatic nitrogens is 1. The molecule has 0 aliphatic carbocycles. The highest BCUT2D eigenvalue weighted by Gasteiger charge is 2.38. The van der Waals surface area contributed by atoms with Crippen molar-refractivity contribution in [3.63, 3.8) is 0 Å². The van der Waals surface area contributed by atoms with Gasteiger partial charge in [-0.3, -0.25) is 9.78 Å². The zero-order valence-corrected chi connectivity index (χ0v) is 23.0. The van der Waals surface area contributed by atoms with Crippen LogP contribution in [0.5, 0.6) is 5.75 Å². The van der Waals surface area contributed by atoms with Gasteiger partial charge in [-0.25, -0.2) is 8.42 Å². The average molecular weight is 528 g/mol. The molecule has 2 aromatic rings. The van der Waals surface area contributed by atoms with E-state index in [4.69, 9.17) is 4.74 Å². The lowest BCUT2D eigenvalue weighted by Crippen LogP contribution is -2.50. The van der Waals surface area contributed by atoms with Gasteiger partial charge in [-0.2, -0.15) is 4.31 Å². The first-order valence-corrected chi connectivity index (χ1v) is 14.0. The van der Waals surface area contributed by atoms with Gasteiger partial charge >= 0.3 is 0 Å². The maximum absolute atomic E-state index is 13.6. The summed E-state index contributed by atoms with van der Waals surface area (Å²) in [6, 6.07) is 9.68. The molecule has 0 fully saturated rings. The Balaban J connectivity index is 1.95. The number of carbonyl (C=O) groups excluding carboxylic acids is 1. The third-order valence-electron chi connectivity index (χ3n) is 6.35. The number of hydrogen-bond acceptors (Lipinski definition) is 6. The Hall–Kier alpha value is -2.93. The van der Waals surface area contributed by atoms with Crippen molar-refractivity contribution in [3.05, 3.63) is 53.9 Å². The molecule has 0 radical (unpaired) electrons. The summed E-state index contributed by atoms with van der Waals surface area (Å²) in [5.74, 6) is 6.47. The van der Waals surface area contributed by atoms with Gasteiger partial charge < -0.3 is 14.7 Å². The summed E-state index contributed by atoms with van der Waals surface area (Å²) < 4.78 is 34.9. The van der Waals surface area contributed by atoms with Crippen LogP contribution in [0.2, 0.25) is 0 Å². The third kappa shape index (κ3) is 7.31. The normalized spacial score (nSPS) is 20.0. The third-order valence-corrected chi connectivity index (χ3v) is 8.37. The largest absolute Gasteiger partial charge is 0.487 e. The van der Waals surface area contributed by atoms with Crippen molar-refractivity contribution >= 4 is 15.9 Å². The maximum Gasteiger partial charge on any atom is 0.247 e. The number of aliphatic hydroxyl groups excluding tert-OH is 1. The SMILES string of the molecule is CC(C)CC#Cc1ccc2c(c1)O[C@@H](CN(C)C(=O)Cc1ccccn1)[C@@H](C)CN([C@H](C)CO)S2(=O)=O. The summed E-state index contributed by atoms with van der Waals surface area (Å²) >= 11 is 0. The fourth-order valence-electron chi connectivity index (χ4n) is 4.04. The summed E-state index contributed by atoms with van der Waals surface area (Å²) in [5.41, 5.74) is 1.33. The van der Waals surface area contributed by atoms with Crippen LogP contribution >= 0.6 is 0 Å². The van der Waals surface area contributed by atoms with Crippen molar-refractivity contribution in [1.82, 2.24) is 14.2 Å². The molecular formula is C28H37N3O5S. The van der Waals surface area contributed by atoms with E-state index in [1.54, 1.807) is 49.3 Å². The minimum absolute atomic E-state index is 0.0292. The highest BCUT2D eigenvalue weighted by atomic mass is 32.2. The molecule has 3 rings (SSSR count). The molecule has 2 heterocycles. The average Bonchev–Trinajstić information content (AvgIpc) is 2.86. The number of hydrogen-bond donors (Lipinski definition) is 1. The zero-order valence-electron chi connectivity index (χ0n) is 22.2. The second-order valence-electron chi connectivity index (χ2n) is 10.1. The molecule has 1 aliphatic rings. The standard InChI is InChI=1S/C28H37N3O5S/c1-20(2)9-8-10-23-12-13-27-25(15-23)36-26(21(3)17-31(22(4)19-32)37(27,34)35)18-30(5)28(33)16-24-11-6-7-14-29-24/h6-7,11-15,20-22,26,32H,9,16-19H2,1-5H3/t21-,22+,26-/m0/s1. The lowest BCUT2D eigenvalue weighted by Gasteiger charge is -2.37. The fourth-order valence-corrected chi connectivity index (χ4v) is 5.87. The molecule has 1 aromatic heterocycles. The van der Waals surface area contributed by atoms with Gasteiger partial charge in [0, 0.05) is 49.4 Å². The van der Waals surface area contributed by atoms with E-state index in [-0.39, 0.29) is 48.6 Å². The molecule has 0 spiro atoms. The molecule has 1 aliphatic heterocycles. The summed E-state index contributed by atoms with van der Waals surface area (Å²) in [4.78, 5) is 18.8. The number of pyridine rings is 1. The Labute approximate surface area is 220 Å². The molecule has 200 valence electrons. The second-order valence-corrected chi connectivity index (χ2v) is 11.9. The minimum Gasteiger partial charge on any atom is -0.487 e. The summed E-state index contributed by atoms with van der Waals surface area (Å²) in [6.07, 6.45) is 2.05. The van der Waals surface area contributed by atoms with Crippen molar-refractivity contribution in [3.8, 4) is 17.6 Å². The number of amides is 1. The number of sulfonamides is 1. The van der Waals surface area contributed by atoms with E-state index in [1.807, 2.05) is 13.0 Å². The van der Waals surface area contributed by atoms with Crippen molar-refractivity contribution in [2.75, 3.05) is 26.7 Å². The topological polar surface area (TPSA) is 100 Å². The number of fused-ring (bicyclic) bond motifs is 1. The van der Waals surface area contributed by atoms with E-state index in [1.165, 1.54) is 10.4 Å². The highest BCUT2D eigenvalue weighted by molar-refractivity contribution is 7.89. The summed E-state index contributed by atoms with van der Waals surface area (Å²) in [5, 5.41) is 9.81. The molecule has 8 nitrogen and oxygen atoms in total. The van der Waals surface area contributed by atoms with Crippen LogP contribution < -0.4 is 4.74 Å². The Kier molecular flexibility index (Phi) is 9.71. The monoisotopic (exact) mass is 527 g/mol. The fraction of sp³-hybridized carbons (Fsp3) is 0.500. The smallest absolute Gasteiger partial charge is 0.247 e. The lowest BCUT2D eigenvalue weighted by molar-refractivity contribution is -0.130. The van der Waals surface area contributed by atoms with Gasteiger partial charge in [-0.05, 0) is 43.2 Å². The number of carbonyl (C=O) groups is 1. The van der Waals surface area contributed by atoms with E-state index in [9.17, 15) is 18.3 Å². The van der Waals surface area contributed by atoms with E-state index in [0.29, 0.717) is 17.2 Å². The highest BCUT2D eigenvalue weighted by Crippen LogP contribution is 2.34. The van der Waals surface area contributed by atoms with Crippen LogP contribution in [0.1, 0.15) is 45.4 Å². The molecule has 1 aromatic carbocycles. The summed E-state index contributed by atoms with van der Waals surface area (Å²) in [6.45, 7) is 7.83. The minimum atomic E-state index is -3.94. The molecule has 3 atom stereocenters. The number of rotatable bonds is 7. The Bertz CT molecular complexity index is 1240.